The Kier molecular flexibility index (Phi) is 4.58. The lowest BCUT2D eigenvalue weighted by Gasteiger charge is -2.10. The van der Waals surface area contributed by atoms with Gasteiger partial charge in [0.15, 0.2) is 5.78 Å². The molecule has 1 aromatic heterocycles. The molecule has 0 aliphatic carbocycles. The minimum atomic E-state index is -0.540. The first-order chi connectivity index (χ1) is 11.9. The molecule has 1 amide bonds. The summed E-state index contributed by atoms with van der Waals surface area (Å²) in [7, 11) is 0. The molecule has 0 atom stereocenters. The van der Waals surface area contributed by atoms with Gasteiger partial charge < -0.3 is 11.5 Å². The first-order valence-corrected chi connectivity index (χ1v) is 8.51. The van der Waals surface area contributed by atoms with Crippen molar-refractivity contribution in [3.63, 3.8) is 0 Å². The van der Waals surface area contributed by atoms with E-state index >= 15 is 0 Å². The Labute approximate surface area is 158 Å². The highest BCUT2D eigenvalue weighted by molar-refractivity contribution is 14.1. The van der Waals surface area contributed by atoms with E-state index in [2.05, 4.69) is 27.7 Å². The van der Waals surface area contributed by atoms with Crippen LogP contribution in [0.25, 0.3) is 5.69 Å². The first-order valence-electron chi connectivity index (χ1n) is 7.43. The molecule has 3 rings (SSSR count). The summed E-state index contributed by atoms with van der Waals surface area (Å²) in [6, 6.07) is 12.3. The highest BCUT2D eigenvalue weighted by Gasteiger charge is 2.19. The number of nitrogen functional groups attached to an aromatic ring is 1. The number of halogens is 1. The summed E-state index contributed by atoms with van der Waals surface area (Å²) in [6.45, 7) is 1.86. The number of rotatable bonds is 4. The molecule has 0 unspecified atom stereocenters. The van der Waals surface area contributed by atoms with E-state index < -0.39 is 5.91 Å². The van der Waals surface area contributed by atoms with Gasteiger partial charge in [0, 0.05) is 14.7 Å². The largest absolute Gasteiger partial charge is 0.383 e. The molecule has 0 spiro atoms. The molecule has 2 aromatic carbocycles. The second-order valence-electron chi connectivity index (χ2n) is 5.56. The number of aromatic nitrogens is 2. The standard InChI is InChI=1S/C18H15IN4O2/c1-10-5-6-12(18(21)25)8-15(10)23-17(20)14(9-22-23)16(24)11-3-2-4-13(19)7-11/h2-9H,20H2,1H3,(H2,21,25). The monoisotopic (exact) mass is 446 g/mol. The summed E-state index contributed by atoms with van der Waals surface area (Å²) in [6.07, 6.45) is 1.44. The predicted octanol–water partition coefficient (Wildman–Crippen LogP) is 2.70. The Balaban J connectivity index is 2.06. The maximum absolute atomic E-state index is 12.7. The minimum absolute atomic E-state index is 0.203. The third-order valence-corrected chi connectivity index (χ3v) is 4.53. The van der Waals surface area contributed by atoms with Crippen LogP contribution in [0.2, 0.25) is 0 Å². The summed E-state index contributed by atoms with van der Waals surface area (Å²) in [5.74, 6) is -0.526. The number of hydrogen-bond acceptors (Lipinski definition) is 4. The fourth-order valence-electron chi connectivity index (χ4n) is 2.50. The van der Waals surface area contributed by atoms with Gasteiger partial charge in [0.2, 0.25) is 5.91 Å². The molecule has 0 radical (unpaired) electrons. The number of anilines is 1. The van der Waals surface area contributed by atoms with E-state index in [1.165, 1.54) is 10.9 Å². The number of hydrogen-bond donors (Lipinski definition) is 2. The summed E-state index contributed by atoms with van der Waals surface area (Å²) < 4.78 is 2.41. The highest BCUT2D eigenvalue weighted by atomic mass is 127. The van der Waals surface area contributed by atoms with Crippen LogP contribution in [-0.4, -0.2) is 21.5 Å². The third-order valence-electron chi connectivity index (χ3n) is 3.86. The highest BCUT2D eigenvalue weighted by Crippen LogP contribution is 2.23. The smallest absolute Gasteiger partial charge is 0.248 e. The van der Waals surface area contributed by atoms with Crippen LogP contribution in [0.1, 0.15) is 31.8 Å². The van der Waals surface area contributed by atoms with Gasteiger partial charge in [0.1, 0.15) is 5.82 Å². The summed E-state index contributed by atoms with van der Waals surface area (Å²) in [4.78, 5) is 24.1. The summed E-state index contributed by atoms with van der Waals surface area (Å²) in [5, 5.41) is 4.23. The van der Waals surface area contributed by atoms with Crippen molar-refractivity contribution in [3.05, 3.63) is 74.5 Å². The van der Waals surface area contributed by atoms with Gasteiger partial charge in [-0.05, 0) is 59.3 Å². The van der Waals surface area contributed by atoms with E-state index in [1.807, 2.05) is 19.1 Å². The molecule has 25 heavy (non-hydrogen) atoms. The molecule has 4 N–H and O–H groups in total. The zero-order chi connectivity index (χ0) is 18.1. The maximum atomic E-state index is 12.7. The van der Waals surface area contributed by atoms with Crippen molar-refractivity contribution < 1.29 is 9.59 Å². The van der Waals surface area contributed by atoms with Crippen LogP contribution in [0, 0.1) is 10.5 Å². The zero-order valence-electron chi connectivity index (χ0n) is 13.4. The van der Waals surface area contributed by atoms with Gasteiger partial charge in [-0.3, -0.25) is 9.59 Å². The van der Waals surface area contributed by atoms with E-state index in [0.717, 1.165) is 9.13 Å². The molecule has 0 bridgehead atoms. The van der Waals surface area contributed by atoms with Gasteiger partial charge in [0.25, 0.3) is 0 Å². The van der Waals surface area contributed by atoms with Crippen LogP contribution in [0.4, 0.5) is 5.82 Å². The molecule has 0 saturated carbocycles. The second-order valence-corrected chi connectivity index (χ2v) is 6.81. The lowest BCUT2D eigenvalue weighted by molar-refractivity contribution is 0.0998. The number of benzene rings is 2. The number of nitrogens with two attached hydrogens (primary N) is 2. The fraction of sp³-hybridized carbons (Fsp3) is 0.0556. The number of ketones is 1. The Bertz CT molecular complexity index is 994. The normalized spacial score (nSPS) is 10.6. The number of carbonyl (C=O) groups is 2. The Morgan fingerprint density at radius 3 is 2.56 bits per heavy atom. The van der Waals surface area contributed by atoms with Crippen LogP contribution in [0.15, 0.2) is 48.7 Å². The lowest BCUT2D eigenvalue weighted by Crippen LogP contribution is -2.13. The lowest BCUT2D eigenvalue weighted by atomic mass is 10.1. The minimum Gasteiger partial charge on any atom is -0.383 e. The molecule has 7 heteroatoms. The summed E-state index contributed by atoms with van der Waals surface area (Å²) >= 11 is 2.15. The first kappa shape index (κ1) is 17.2. The van der Waals surface area contributed by atoms with Crippen molar-refractivity contribution in [1.82, 2.24) is 9.78 Å². The van der Waals surface area contributed by atoms with Gasteiger partial charge in [-0.1, -0.05) is 18.2 Å². The Morgan fingerprint density at radius 1 is 1.12 bits per heavy atom. The number of primary amides is 1. The van der Waals surface area contributed by atoms with Crippen LogP contribution < -0.4 is 11.5 Å². The maximum Gasteiger partial charge on any atom is 0.248 e. The second kappa shape index (κ2) is 6.67. The van der Waals surface area contributed by atoms with Gasteiger partial charge in [0.05, 0.1) is 17.4 Å². The number of nitrogens with zero attached hydrogens (tertiary/aromatic N) is 2. The molecule has 1 heterocycles. The quantitative estimate of drug-likeness (QED) is 0.475. The molecule has 0 saturated heterocycles. The fourth-order valence-corrected chi connectivity index (χ4v) is 3.04. The van der Waals surface area contributed by atoms with E-state index in [0.29, 0.717) is 22.4 Å². The van der Waals surface area contributed by atoms with Crippen molar-refractivity contribution in [2.24, 2.45) is 5.73 Å². The topological polar surface area (TPSA) is 104 Å². The molecule has 6 nitrogen and oxygen atoms in total. The Morgan fingerprint density at radius 2 is 1.88 bits per heavy atom. The molecular weight excluding hydrogens is 431 g/mol. The van der Waals surface area contributed by atoms with Crippen molar-refractivity contribution in [1.29, 1.82) is 0 Å². The van der Waals surface area contributed by atoms with Gasteiger partial charge in [-0.25, -0.2) is 4.68 Å². The predicted molar refractivity (Wildman–Crippen MR) is 104 cm³/mol. The van der Waals surface area contributed by atoms with Crippen molar-refractivity contribution in [2.75, 3.05) is 5.73 Å². The van der Waals surface area contributed by atoms with Crippen molar-refractivity contribution in [3.8, 4) is 5.69 Å². The third kappa shape index (κ3) is 3.27. The SMILES string of the molecule is Cc1ccc(C(N)=O)cc1-n1ncc(C(=O)c2cccc(I)c2)c1N. The summed E-state index contributed by atoms with van der Waals surface area (Å²) in [5.41, 5.74) is 14.2. The van der Waals surface area contributed by atoms with Gasteiger partial charge in [-0.2, -0.15) is 5.10 Å². The molecule has 0 aliphatic heterocycles. The number of aryl methyl sites for hydroxylation is 1. The van der Waals surface area contributed by atoms with E-state index in [4.69, 9.17) is 11.5 Å². The van der Waals surface area contributed by atoms with E-state index in [-0.39, 0.29) is 11.6 Å². The van der Waals surface area contributed by atoms with Gasteiger partial charge in [-0.15, -0.1) is 0 Å². The molecule has 126 valence electrons. The van der Waals surface area contributed by atoms with Crippen LogP contribution in [0.5, 0.6) is 0 Å². The van der Waals surface area contributed by atoms with Crippen molar-refractivity contribution >= 4 is 40.1 Å². The average molecular weight is 446 g/mol. The van der Waals surface area contributed by atoms with Crippen LogP contribution in [-0.2, 0) is 0 Å². The van der Waals surface area contributed by atoms with Crippen LogP contribution >= 0.6 is 22.6 Å². The number of carbonyl (C=O) groups excluding carboxylic acids is 2. The van der Waals surface area contributed by atoms with Crippen LogP contribution in [0.3, 0.4) is 0 Å². The van der Waals surface area contributed by atoms with E-state index in [1.54, 1.807) is 30.3 Å². The van der Waals surface area contributed by atoms with E-state index in [9.17, 15) is 9.59 Å². The Hall–Kier alpha value is -2.68. The zero-order valence-corrected chi connectivity index (χ0v) is 15.5. The molecule has 0 aliphatic rings. The van der Waals surface area contributed by atoms with Gasteiger partial charge >= 0.3 is 0 Å². The number of amides is 1. The molecule has 0 fully saturated rings. The molecular formula is C18H15IN4O2. The average Bonchev–Trinajstić information content (AvgIpc) is 2.96. The van der Waals surface area contributed by atoms with Crippen molar-refractivity contribution in [2.45, 2.75) is 6.92 Å². The molecule has 3 aromatic rings.